The van der Waals surface area contributed by atoms with Crippen molar-refractivity contribution in [2.45, 2.75) is 44.8 Å². The second-order valence-corrected chi connectivity index (χ2v) is 6.19. The lowest BCUT2D eigenvalue weighted by molar-refractivity contribution is 0.0105. The third-order valence-corrected chi connectivity index (χ3v) is 4.74. The summed E-state index contributed by atoms with van der Waals surface area (Å²) in [7, 11) is 1.93. The summed E-state index contributed by atoms with van der Waals surface area (Å²) in [6.45, 7) is 7.05. The molecule has 0 radical (unpaired) electrons. The predicted molar refractivity (Wildman–Crippen MR) is 82.9 cm³/mol. The van der Waals surface area contributed by atoms with Gasteiger partial charge in [-0.05, 0) is 38.4 Å². The molecule has 0 spiro atoms. The fraction of sp³-hybridized carbons (Fsp3) is 0.688. The molecule has 4 nitrogen and oxygen atoms in total. The van der Waals surface area contributed by atoms with Crippen LogP contribution in [0, 0.1) is 0 Å². The minimum atomic E-state index is 0.629. The van der Waals surface area contributed by atoms with Crippen molar-refractivity contribution in [2.24, 2.45) is 0 Å². The lowest BCUT2D eigenvalue weighted by Crippen LogP contribution is -2.58. The lowest BCUT2D eigenvalue weighted by atomic mass is 9.97. The first kappa shape index (κ1) is 13.8. The van der Waals surface area contributed by atoms with Gasteiger partial charge in [-0.3, -0.25) is 9.80 Å². The quantitative estimate of drug-likeness (QED) is 0.915. The van der Waals surface area contributed by atoms with E-state index < -0.39 is 0 Å². The minimum Gasteiger partial charge on any atom is -0.373 e. The second-order valence-electron chi connectivity index (χ2n) is 6.19. The Morgan fingerprint density at radius 3 is 3.05 bits per heavy atom. The van der Waals surface area contributed by atoms with Gasteiger partial charge in [0.2, 0.25) is 0 Å². The summed E-state index contributed by atoms with van der Waals surface area (Å²) >= 11 is 0. The van der Waals surface area contributed by atoms with Crippen LogP contribution in [0.5, 0.6) is 0 Å². The van der Waals surface area contributed by atoms with Crippen LogP contribution in [-0.2, 0) is 6.54 Å². The summed E-state index contributed by atoms with van der Waals surface area (Å²) in [5.74, 6) is 0.964. The van der Waals surface area contributed by atoms with Gasteiger partial charge < -0.3 is 5.32 Å². The molecule has 0 aliphatic carbocycles. The van der Waals surface area contributed by atoms with Crippen LogP contribution in [0.1, 0.15) is 31.9 Å². The largest absolute Gasteiger partial charge is 0.373 e. The molecule has 2 atom stereocenters. The molecule has 2 saturated heterocycles. The summed E-state index contributed by atoms with van der Waals surface area (Å²) in [6, 6.07) is 7.65. The first-order valence-corrected chi connectivity index (χ1v) is 7.88. The number of nitrogens with one attached hydrogen (secondary N) is 1. The van der Waals surface area contributed by atoms with Gasteiger partial charge in [0.1, 0.15) is 5.82 Å². The zero-order chi connectivity index (χ0) is 13.9. The van der Waals surface area contributed by atoms with Crippen LogP contribution >= 0.6 is 0 Å². The molecule has 2 fully saturated rings. The van der Waals surface area contributed by atoms with Crippen LogP contribution in [0.4, 0.5) is 5.82 Å². The maximum Gasteiger partial charge on any atom is 0.126 e. The molecule has 1 N–H and O–H groups in total. The Hall–Kier alpha value is -1.13. The van der Waals surface area contributed by atoms with E-state index in [1.54, 1.807) is 0 Å². The highest BCUT2D eigenvalue weighted by Crippen LogP contribution is 2.25. The fourth-order valence-corrected chi connectivity index (χ4v) is 3.55. The van der Waals surface area contributed by atoms with Gasteiger partial charge in [0, 0.05) is 38.8 Å². The number of nitrogens with zero attached hydrogens (tertiary/aromatic N) is 3. The molecule has 2 aliphatic rings. The van der Waals surface area contributed by atoms with E-state index in [4.69, 9.17) is 0 Å². The molecule has 4 heteroatoms. The van der Waals surface area contributed by atoms with Crippen molar-refractivity contribution in [3.05, 3.63) is 23.9 Å². The molecule has 20 heavy (non-hydrogen) atoms. The van der Waals surface area contributed by atoms with E-state index in [-0.39, 0.29) is 0 Å². The Kier molecular flexibility index (Phi) is 4.22. The number of piperidine rings is 1. The molecule has 1 aromatic rings. The first-order valence-electron chi connectivity index (χ1n) is 7.88. The molecule has 0 aromatic carbocycles. The van der Waals surface area contributed by atoms with Crippen molar-refractivity contribution in [3.63, 3.8) is 0 Å². The van der Waals surface area contributed by atoms with E-state index in [0.29, 0.717) is 6.04 Å². The van der Waals surface area contributed by atoms with E-state index in [1.807, 2.05) is 13.1 Å². The van der Waals surface area contributed by atoms with Crippen molar-refractivity contribution in [1.29, 1.82) is 0 Å². The molecule has 2 aliphatic heterocycles. The van der Waals surface area contributed by atoms with Gasteiger partial charge in [-0.2, -0.15) is 0 Å². The van der Waals surface area contributed by atoms with Gasteiger partial charge in [-0.25, -0.2) is 4.98 Å². The predicted octanol–water partition coefficient (Wildman–Crippen LogP) is 2.18. The van der Waals surface area contributed by atoms with Crippen molar-refractivity contribution in [3.8, 4) is 0 Å². The van der Waals surface area contributed by atoms with Gasteiger partial charge in [-0.15, -0.1) is 0 Å². The van der Waals surface area contributed by atoms with Gasteiger partial charge in [-0.1, -0.05) is 12.5 Å². The SMILES string of the molecule is CNc1cccc(CN2CC3CCCCN3CC2C)n1. The number of hydrogen-bond donors (Lipinski definition) is 1. The van der Waals surface area contributed by atoms with Crippen molar-refractivity contribution in [1.82, 2.24) is 14.8 Å². The summed E-state index contributed by atoms with van der Waals surface area (Å²) < 4.78 is 0. The number of fused-ring (bicyclic) bond motifs is 1. The van der Waals surface area contributed by atoms with Gasteiger partial charge in [0.05, 0.1) is 5.69 Å². The topological polar surface area (TPSA) is 31.4 Å². The van der Waals surface area contributed by atoms with E-state index in [0.717, 1.165) is 18.4 Å². The minimum absolute atomic E-state index is 0.629. The Labute approximate surface area is 122 Å². The van der Waals surface area contributed by atoms with Crippen LogP contribution < -0.4 is 5.32 Å². The summed E-state index contributed by atoms with van der Waals surface area (Å²) in [5.41, 5.74) is 1.17. The van der Waals surface area contributed by atoms with Crippen molar-refractivity contribution >= 4 is 5.82 Å². The van der Waals surface area contributed by atoms with Crippen LogP contribution in [0.15, 0.2) is 18.2 Å². The van der Waals surface area contributed by atoms with Crippen LogP contribution in [0.2, 0.25) is 0 Å². The summed E-state index contributed by atoms with van der Waals surface area (Å²) in [6.07, 6.45) is 4.15. The maximum absolute atomic E-state index is 4.66. The molecule has 2 unspecified atom stereocenters. The molecule has 1 aromatic heterocycles. The third-order valence-electron chi connectivity index (χ3n) is 4.74. The van der Waals surface area contributed by atoms with Crippen LogP contribution in [-0.4, -0.2) is 53.5 Å². The van der Waals surface area contributed by atoms with E-state index in [9.17, 15) is 0 Å². The molecule has 0 bridgehead atoms. The number of hydrogen-bond acceptors (Lipinski definition) is 4. The van der Waals surface area contributed by atoms with Gasteiger partial charge in [0.15, 0.2) is 0 Å². The molecule has 110 valence electrons. The number of pyridine rings is 1. The highest BCUT2D eigenvalue weighted by molar-refractivity contribution is 5.34. The zero-order valence-corrected chi connectivity index (χ0v) is 12.7. The van der Waals surface area contributed by atoms with E-state index in [2.05, 4.69) is 39.2 Å². The Bertz CT molecular complexity index is 448. The molecular formula is C16H26N4. The van der Waals surface area contributed by atoms with Gasteiger partial charge in [0.25, 0.3) is 0 Å². The maximum atomic E-state index is 4.66. The molecule has 3 heterocycles. The van der Waals surface area contributed by atoms with Crippen molar-refractivity contribution in [2.75, 3.05) is 32.0 Å². The zero-order valence-electron chi connectivity index (χ0n) is 12.7. The molecule has 0 saturated carbocycles. The highest BCUT2D eigenvalue weighted by Gasteiger charge is 2.32. The Morgan fingerprint density at radius 2 is 2.20 bits per heavy atom. The normalized spacial score (nSPS) is 28.1. The summed E-state index contributed by atoms with van der Waals surface area (Å²) in [4.78, 5) is 9.96. The number of anilines is 1. The van der Waals surface area contributed by atoms with Gasteiger partial charge >= 0.3 is 0 Å². The van der Waals surface area contributed by atoms with Crippen molar-refractivity contribution < 1.29 is 0 Å². The molecule has 3 rings (SSSR count). The average molecular weight is 274 g/mol. The molecule has 0 amide bonds. The standard InChI is InChI=1S/C16H26N4/c1-13-10-19-9-4-3-7-15(19)12-20(13)11-14-6-5-8-16(17-2)18-14/h5-6,8,13,15H,3-4,7,9-12H2,1-2H3,(H,17,18). The van der Waals surface area contributed by atoms with E-state index in [1.165, 1.54) is 44.6 Å². The first-order chi connectivity index (χ1) is 9.76. The van der Waals surface area contributed by atoms with Crippen LogP contribution in [0.25, 0.3) is 0 Å². The third kappa shape index (κ3) is 2.96. The van der Waals surface area contributed by atoms with E-state index >= 15 is 0 Å². The molecular weight excluding hydrogens is 248 g/mol. The highest BCUT2D eigenvalue weighted by atomic mass is 15.3. The second kappa shape index (κ2) is 6.10. The number of rotatable bonds is 3. The number of piperazine rings is 1. The number of aromatic nitrogens is 1. The average Bonchev–Trinajstić information content (AvgIpc) is 2.48. The fourth-order valence-electron chi connectivity index (χ4n) is 3.55. The van der Waals surface area contributed by atoms with Crippen LogP contribution in [0.3, 0.4) is 0 Å². The Morgan fingerprint density at radius 1 is 1.30 bits per heavy atom. The monoisotopic (exact) mass is 274 g/mol. The Balaban J connectivity index is 1.67. The summed E-state index contributed by atoms with van der Waals surface area (Å²) in [5, 5.41) is 3.12. The smallest absolute Gasteiger partial charge is 0.126 e. The lowest BCUT2D eigenvalue weighted by Gasteiger charge is -2.47.